The van der Waals surface area contributed by atoms with Crippen molar-refractivity contribution >= 4 is 11.7 Å². The second kappa shape index (κ2) is 5.47. The van der Waals surface area contributed by atoms with Crippen LogP contribution in [0.15, 0.2) is 18.2 Å². The number of aliphatic carboxylic acids is 1. The van der Waals surface area contributed by atoms with Gasteiger partial charge in [0, 0.05) is 18.3 Å². The molecule has 0 radical (unpaired) electrons. The zero-order valence-electron chi connectivity index (χ0n) is 12.1. The first-order valence-corrected chi connectivity index (χ1v) is 7.79. The van der Waals surface area contributed by atoms with Gasteiger partial charge in [0.05, 0.1) is 5.92 Å². The molecule has 3 nitrogen and oxygen atoms in total. The molecule has 1 aliphatic heterocycles. The van der Waals surface area contributed by atoms with Crippen molar-refractivity contribution in [2.45, 2.75) is 57.4 Å². The van der Waals surface area contributed by atoms with E-state index in [1.54, 1.807) is 6.92 Å². The van der Waals surface area contributed by atoms with Gasteiger partial charge in [-0.2, -0.15) is 0 Å². The van der Waals surface area contributed by atoms with Crippen LogP contribution in [0.4, 0.5) is 5.69 Å². The third-order valence-electron chi connectivity index (χ3n) is 4.91. The second-order valence-electron chi connectivity index (χ2n) is 6.15. The maximum Gasteiger partial charge on any atom is 0.310 e. The van der Waals surface area contributed by atoms with Crippen LogP contribution >= 0.6 is 0 Å². The molecule has 1 fully saturated rings. The quantitative estimate of drug-likeness (QED) is 0.915. The molecule has 2 aliphatic rings. The van der Waals surface area contributed by atoms with Crippen molar-refractivity contribution in [2.75, 3.05) is 11.4 Å². The van der Waals surface area contributed by atoms with Gasteiger partial charge in [-0.25, -0.2) is 0 Å². The fraction of sp³-hybridized carbons (Fsp3) is 0.588. The number of nitrogens with zero attached hydrogens (tertiary/aromatic N) is 1. The summed E-state index contributed by atoms with van der Waals surface area (Å²) in [6.45, 7) is 2.86. The first kappa shape index (κ1) is 13.5. The summed E-state index contributed by atoms with van der Waals surface area (Å²) in [4.78, 5) is 13.9. The first-order valence-electron chi connectivity index (χ1n) is 7.79. The van der Waals surface area contributed by atoms with Crippen LogP contribution < -0.4 is 4.90 Å². The van der Waals surface area contributed by atoms with Crippen LogP contribution in [0.3, 0.4) is 0 Å². The molecular formula is C17H23NO2. The van der Waals surface area contributed by atoms with E-state index < -0.39 is 11.9 Å². The molecule has 0 aromatic heterocycles. The standard InChI is InChI=1S/C17H23NO2/c1-12(17(19)20)15-9-5-6-13-10-11-18(16(13)15)14-7-3-2-4-8-14/h5-6,9,12,14H,2-4,7-8,10-11H2,1H3,(H,19,20). The number of carboxylic acids is 1. The van der Waals surface area contributed by atoms with Crippen molar-refractivity contribution in [3.8, 4) is 0 Å². The molecular weight excluding hydrogens is 250 g/mol. The Morgan fingerprint density at radius 3 is 2.75 bits per heavy atom. The minimum atomic E-state index is -0.728. The molecule has 1 heterocycles. The van der Waals surface area contributed by atoms with E-state index in [1.165, 1.54) is 43.4 Å². The topological polar surface area (TPSA) is 40.5 Å². The maximum absolute atomic E-state index is 11.4. The smallest absolute Gasteiger partial charge is 0.310 e. The lowest BCUT2D eigenvalue weighted by Crippen LogP contribution is -2.36. The van der Waals surface area contributed by atoms with Crippen molar-refractivity contribution in [2.24, 2.45) is 0 Å². The zero-order valence-corrected chi connectivity index (χ0v) is 12.1. The van der Waals surface area contributed by atoms with Crippen molar-refractivity contribution in [1.29, 1.82) is 0 Å². The highest BCUT2D eigenvalue weighted by molar-refractivity contribution is 5.80. The highest BCUT2D eigenvalue weighted by Crippen LogP contribution is 2.39. The van der Waals surface area contributed by atoms with E-state index in [0.717, 1.165) is 18.5 Å². The lowest BCUT2D eigenvalue weighted by atomic mass is 9.92. The maximum atomic E-state index is 11.4. The van der Waals surface area contributed by atoms with Crippen LogP contribution in [0.1, 0.15) is 56.1 Å². The summed E-state index contributed by atoms with van der Waals surface area (Å²) in [7, 11) is 0. The second-order valence-corrected chi connectivity index (χ2v) is 6.15. The van der Waals surface area contributed by atoms with Gasteiger partial charge >= 0.3 is 5.97 Å². The molecule has 108 valence electrons. The number of benzene rings is 1. The first-order chi connectivity index (χ1) is 9.68. The zero-order chi connectivity index (χ0) is 14.1. The molecule has 0 spiro atoms. The van der Waals surface area contributed by atoms with Gasteiger partial charge in [-0.15, -0.1) is 0 Å². The highest BCUT2D eigenvalue weighted by Gasteiger charge is 2.31. The fourth-order valence-corrected chi connectivity index (χ4v) is 3.76. The average molecular weight is 273 g/mol. The molecule has 0 bridgehead atoms. The number of anilines is 1. The Bertz CT molecular complexity index is 506. The van der Waals surface area contributed by atoms with Gasteiger partial charge in [-0.1, -0.05) is 37.5 Å². The number of para-hydroxylation sites is 1. The monoisotopic (exact) mass is 273 g/mol. The summed E-state index contributed by atoms with van der Waals surface area (Å²) in [6.07, 6.45) is 7.56. The molecule has 0 saturated heterocycles. The Morgan fingerprint density at radius 1 is 1.30 bits per heavy atom. The van der Waals surface area contributed by atoms with Gasteiger partial charge in [0.2, 0.25) is 0 Å². The predicted octanol–water partition coefficient (Wildman–Crippen LogP) is 3.57. The molecule has 1 aliphatic carbocycles. The highest BCUT2D eigenvalue weighted by atomic mass is 16.4. The van der Waals surface area contributed by atoms with Crippen molar-refractivity contribution in [3.05, 3.63) is 29.3 Å². The Hall–Kier alpha value is -1.51. The lowest BCUT2D eigenvalue weighted by molar-refractivity contribution is -0.138. The summed E-state index contributed by atoms with van der Waals surface area (Å²) >= 11 is 0. The predicted molar refractivity (Wildman–Crippen MR) is 80.4 cm³/mol. The SMILES string of the molecule is CC(C(=O)O)c1cccc2c1N(C1CCCCC1)CC2. The van der Waals surface area contributed by atoms with Crippen LogP contribution in [0.5, 0.6) is 0 Å². The molecule has 1 atom stereocenters. The molecule has 1 aromatic rings. The largest absolute Gasteiger partial charge is 0.481 e. The van der Waals surface area contributed by atoms with Gasteiger partial charge < -0.3 is 10.0 Å². The molecule has 3 heteroatoms. The Balaban J connectivity index is 1.96. The number of rotatable bonds is 3. The van der Waals surface area contributed by atoms with E-state index in [9.17, 15) is 9.90 Å². The van der Waals surface area contributed by atoms with Gasteiger partial charge in [-0.05, 0) is 37.3 Å². The Labute approximate surface area is 120 Å². The van der Waals surface area contributed by atoms with Crippen molar-refractivity contribution in [1.82, 2.24) is 0 Å². The third kappa shape index (κ3) is 2.30. The molecule has 20 heavy (non-hydrogen) atoms. The van der Waals surface area contributed by atoms with Gasteiger partial charge in [0.25, 0.3) is 0 Å². The minimum Gasteiger partial charge on any atom is -0.481 e. The number of carboxylic acid groups (broad SMARTS) is 1. The molecule has 1 saturated carbocycles. The number of hydrogen-bond acceptors (Lipinski definition) is 2. The van der Waals surface area contributed by atoms with Gasteiger partial charge in [0.15, 0.2) is 0 Å². The van der Waals surface area contributed by atoms with Crippen molar-refractivity contribution in [3.63, 3.8) is 0 Å². The molecule has 0 amide bonds. The summed E-state index contributed by atoms with van der Waals surface area (Å²) in [6, 6.07) is 6.79. The Kier molecular flexibility index (Phi) is 3.68. The van der Waals surface area contributed by atoms with E-state index in [0.29, 0.717) is 6.04 Å². The number of fused-ring (bicyclic) bond motifs is 1. The number of carbonyl (C=O) groups is 1. The van der Waals surface area contributed by atoms with E-state index >= 15 is 0 Å². The Morgan fingerprint density at radius 2 is 2.05 bits per heavy atom. The van der Waals surface area contributed by atoms with E-state index in [2.05, 4.69) is 11.0 Å². The van der Waals surface area contributed by atoms with Crippen LogP contribution in [-0.2, 0) is 11.2 Å². The van der Waals surface area contributed by atoms with Crippen molar-refractivity contribution < 1.29 is 9.90 Å². The summed E-state index contributed by atoms with van der Waals surface area (Å²) in [5.74, 6) is -1.15. The number of hydrogen-bond donors (Lipinski definition) is 1. The van der Waals surface area contributed by atoms with E-state index in [-0.39, 0.29) is 0 Å². The molecule has 1 aromatic carbocycles. The molecule has 1 N–H and O–H groups in total. The van der Waals surface area contributed by atoms with Gasteiger partial charge in [0.1, 0.15) is 0 Å². The van der Waals surface area contributed by atoms with Crippen LogP contribution in [0, 0.1) is 0 Å². The van der Waals surface area contributed by atoms with Crippen LogP contribution in [0.2, 0.25) is 0 Å². The summed E-state index contributed by atoms with van der Waals surface area (Å²) in [5, 5.41) is 9.34. The molecule has 1 unspecified atom stereocenters. The summed E-state index contributed by atoms with van der Waals surface area (Å²) in [5.41, 5.74) is 3.56. The lowest BCUT2D eigenvalue weighted by Gasteiger charge is -2.34. The van der Waals surface area contributed by atoms with Gasteiger partial charge in [-0.3, -0.25) is 4.79 Å². The third-order valence-corrected chi connectivity index (χ3v) is 4.91. The van der Waals surface area contributed by atoms with E-state index in [1.807, 2.05) is 12.1 Å². The van der Waals surface area contributed by atoms with E-state index in [4.69, 9.17) is 0 Å². The molecule has 3 rings (SSSR count). The average Bonchev–Trinajstić information content (AvgIpc) is 2.91. The van der Waals surface area contributed by atoms with Crippen LogP contribution in [0.25, 0.3) is 0 Å². The fourth-order valence-electron chi connectivity index (χ4n) is 3.76. The normalized spacial score (nSPS) is 20.8. The summed E-state index contributed by atoms with van der Waals surface area (Å²) < 4.78 is 0. The minimum absolute atomic E-state index is 0.422. The van der Waals surface area contributed by atoms with Crippen LogP contribution in [-0.4, -0.2) is 23.7 Å².